The number of nitrogens with one attached hydrogen (secondary N) is 2. The third-order valence-electron chi connectivity index (χ3n) is 9.85. The number of hydrogen-bond acceptors (Lipinski definition) is 12. The van der Waals surface area contributed by atoms with Gasteiger partial charge < -0.3 is 29.6 Å². The van der Waals surface area contributed by atoms with Crippen molar-refractivity contribution in [2.75, 3.05) is 10.6 Å². The van der Waals surface area contributed by atoms with Crippen LogP contribution >= 0.6 is 0 Å². The van der Waals surface area contributed by atoms with Gasteiger partial charge in [0.2, 0.25) is 23.4 Å². The first-order valence-corrected chi connectivity index (χ1v) is 23.9. The van der Waals surface area contributed by atoms with Crippen molar-refractivity contribution in [2.45, 2.75) is 72.6 Å². The number of halogens is 69. The summed E-state index contributed by atoms with van der Waals surface area (Å²) in [7, 11) is 0. The number of nitrogens with zero attached hydrogens (tertiary/aromatic N) is 8. The maximum absolute atomic E-state index is 12.8. The van der Waals surface area contributed by atoms with Crippen LogP contribution in [0.3, 0.4) is 0 Å². The van der Waals surface area contributed by atoms with Gasteiger partial charge in [0.1, 0.15) is 28.5 Å². The minimum absolute atomic E-state index is 0. The predicted octanol–water partition coefficient (Wildman–Crippen LogP) is 36.0. The van der Waals surface area contributed by atoms with E-state index in [1.165, 1.54) is 13.1 Å². The monoisotopic (exact) mass is 2120 g/mol. The van der Waals surface area contributed by atoms with Gasteiger partial charge in [-0.3, -0.25) is 18.4 Å². The summed E-state index contributed by atoms with van der Waals surface area (Å²) in [6.07, 6.45) is 1.69. The number of carbonyl (C=O) groups excluding carboxylic acids is 3. The van der Waals surface area contributed by atoms with E-state index in [0.717, 1.165) is 11.1 Å². The van der Waals surface area contributed by atoms with Crippen LogP contribution in [-0.2, 0) is 17.6 Å². The van der Waals surface area contributed by atoms with E-state index < -0.39 is 18.2 Å². The van der Waals surface area contributed by atoms with Crippen LogP contribution in [0.25, 0.3) is 34.1 Å². The number of aryl methyl sites for hydroxylation is 4. The first-order valence-electron chi connectivity index (χ1n) is 23.9. The molecule has 0 aliphatic heterocycles. The van der Waals surface area contributed by atoms with E-state index in [1.807, 2.05) is 50.2 Å². The maximum atomic E-state index is 12.8. The second-order valence-electron chi connectivity index (χ2n) is 14.6. The minimum Gasteiger partial charge on any atom is -0.381 e. The molecule has 1 unspecified atom stereocenters. The van der Waals surface area contributed by atoms with Gasteiger partial charge >= 0.3 is 6.18 Å². The van der Waals surface area contributed by atoms with E-state index in [0.29, 0.717) is 76.7 Å². The number of imidazole rings is 2. The molecule has 0 fully saturated rings. The Labute approximate surface area is 661 Å². The first kappa shape index (κ1) is 199. The van der Waals surface area contributed by atoms with Crippen LogP contribution in [0.15, 0.2) is 107 Å². The fourth-order valence-corrected chi connectivity index (χ4v) is 6.09. The highest BCUT2D eigenvalue weighted by Crippen LogP contribution is 2.34. The Morgan fingerprint density at radius 1 is 0.357 bits per heavy atom. The Kier molecular flexibility index (Phi) is 312. The Morgan fingerprint density at radius 3 is 0.798 bits per heavy atom. The van der Waals surface area contributed by atoms with Gasteiger partial charge in [0, 0.05) is 356 Å². The third kappa shape index (κ3) is 112. The van der Waals surface area contributed by atoms with Crippen molar-refractivity contribution in [2.24, 2.45) is 0 Å². The number of rotatable bonds is 12. The zero-order valence-electron chi connectivity index (χ0n) is 58.7. The lowest BCUT2D eigenvalue weighted by Crippen LogP contribution is -2.42. The SMILES string of the molecule is C.CC(=O)CCc1nc(-c2ccc(C)c(NC(=O)c3cnc4ccccn34)c2)no1.Cc1ccc(-c2noc(CCC(C)(O)C(F)(F)F)n2)cc1NC(=O)c1cnc2ccccn12.FF.FF.FF.FF.FF.FF.FF.FF.FF.FF.FF.FF.FF.FF.FF.FF.FF.FF.FF.FF.FF.FF.FF.FF.FF.FF.FF.FF.FF.FF.FF.FF.FF. The van der Waals surface area contributed by atoms with E-state index in [2.05, 4.69) is 40.9 Å². The number of benzene rings is 2. The fraction of sp³-hybridized carbons (Fsp3) is 0.250. The molecule has 0 saturated carbocycles. The zero-order valence-corrected chi connectivity index (χ0v) is 58.7. The van der Waals surface area contributed by atoms with Crippen molar-refractivity contribution in [1.82, 2.24) is 39.1 Å². The number of amides is 2. The molecule has 129 heavy (non-hydrogen) atoms. The number of anilines is 2. The number of Topliss-reactive ketones (excluding diaryl/α,β-unsaturated/α-hetero) is 1. The summed E-state index contributed by atoms with van der Waals surface area (Å²) in [6.45, 7) is 5.94. The van der Waals surface area contributed by atoms with Gasteiger partial charge in [-0.2, -0.15) is 23.1 Å². The summed E-state index contributed by atoms with van der Waals surface area (Å²) in [4.78, 5) is 53.6. The van der Waals surface area contributed by atoms with Gasteiger partial charge in [0.05, 0.1) is 12.4 Å². The molecule has 6 aromatic heterocycles. The number of carbonyl (C=O) groups is 3. The fourth-order valence-electron chi connectivity index (χ4n) is 6.09. The molecular formula is C44H43F69N10O6. The maximum Gasteiger partial charge on any atom is 0.416 e. The smallest absolute Gasteiger partial charge is 0.381 e. The second-order valence-corrected chi connectivity index (χ2v) is 14.6. The molecule has 0 saturated heterocycles. The van der Waals surface area contributed by atoms with Crippen molar-refractivity contribution in [3.05, 3.63) is 132 Å². The second kappa shape index (κ2) is 203. The molecule has 0 spiro atoms. The molecular weight excluding hydrogens is 2080 g/mol. The number of alkyl halides is 3. The average molecular weight is 2120 g/mol. The van der Waals surface area contributed by atoms with Crippen LogP contribution in [0.1, 0.15) is 78.0 Å². The topological polar surface area (TPSA) is 208 Å². The molecule has 8 rings (SSSR count). The van der Waals surface area contributed by atoms with Crippen molar-refractivity contribution in [3.8, 4) is 22.8 Å². The number of pyridine rings is 2. The summed E-state index contributed by atoms with van der Waals surface area (Å²) >= 11 is 0. The molecule has 0 radical (unpaired) electrons. The molecule has 8 aromatic rings. The van der Waals surface area contributed by atoms with E-state index in [9.17, 15) is 32.7 Å². The molecule has 2 amide bonds. The number of aliphatic hydroxyl groups is 1. The quantitative estimate of drug-likeness (QED) is 0.0977. The molecule has 6 heterocycles. The molecule has 0 aliphatic rings. The average Bonchev–Trinajstić information content (AvgIpc) is 1.61. The normalized spacial score (nSPS) is 7.52. The Bertz CT molecular complexity index is 3020. The van der Waals surface area contributed by atoms with Gasteiger partial charge in [-0.25, -0.2) is 9.97 Å². The molecule has 85 heteroatoms. The van der Waals surface area contributed by atoms with Crippen LogP contribution in [0.2, 0.25) is 0 Å². The van der Waals surface area contributed by atoms with Gasteiger partial charge in [-0.1, -0.05) is 54.1 Å². The van der Waals surface area contributed by atoms with Crippen molar-refractivity contribution in [3.63, 3.8) is 0 Å². The standard InChI is InChI=1S/C22H20F3N5O3.C21H19N5O3.CH4.33F2/c1-13-6-7-14(19-28-18(33-29-19)8-9-21(2,32)22(23,24)25)11-15(13)27-20(31)16-12-26-17-5-3-4-10-30(16)17;1-13-6-8-15(20-24-19(29-25-20)9-7-14(2)27)11-16(13)23-21(28)17-12-22-18-5-3-4-10-26(17)18;;33*1-2/h3-7,10-12,32H,8-9H2,1-2H3,(H,27,31);3-6,8,10-12H,7,9H2,1-2H3,(H,23,28);1H4;;;;;;;;;;;;;;;;;;;;;;;;;;;;;;;;;. The lowest BCUT2D eigenvalue weighted by Gasteiger charge is -2.25. The largest absolute Gasteiger partial charge is 0.416 e. The predicted molar refractivity (Wildman–Crippen MR) is 299 cm³/mol. The summed E-state index contributed by atoms with van der Waals surface area (Å²) in [6, 6.07) is 21.6. The number of ketones is 1. The van der Waals surface area contributed by atoms with Gasteiger partial charge in [-0.05, 0) is 81.6 Å². The number of fused-ring (bicyclic) bond motifs is 2. The Hall–Kier alpha value is -12.2. The summed E-state index contributed by atoms with van der Waals surface area (Å²) in [5.41, 5.74) is 3.33. The minimum atomic E-state index is -4.76. The molecule has 1 atom stereocenters. The molecule has 2 aromatic carbocycles. The molecule has 0 bridgehead atoms. The summed E-state index contributed by atoms with van der Waals surface area (Å²) in [5.74, 6) is 0.378. The highest BCUT2D eigenvalue weighted by molar-refractivity contribution is 6.05. The van der Waals surface area contributed by atoms with Crippen LogP contribution in [0.5, 0.6) is 0 Å². The lowest BCUT2D eigenvalue weighted by atomic mass is 10.00. The van der Waals surface area contributed by atoms with Crippen LogP contribution in [-0.4, -0.2) is 73.5 Å². The highest BCUT2D eigenvalue weighted by Gasteiger charge is 2.49. The summed E-state index contributed by atoms with van der Waals surface area (Å²) in [5, 5.41) is 23.1. The van der Waals surface area contributed by atoms with E-state index in [4.69, 9.17) is 311 Å². The molecule has 3 N–H and O–H groups in total. The Balaban J connectivity index is -0.0000000371. The lowest BCUT2D eigenvalue weighted by molar-refractivity contribution is -0.255. The van der Waals surface area contributed by atoms with Crippen molar-refractivity contribution in [1.29, 1.82) is 0 Å². The summed E-state index contributed by atoms with van der Waals surface area (Å²) < 4.78 is 580. The van der Waals surface area contributed by atoms with Gasteiger partial charge in [-0.15, -0.1) is 0 Å². The van der Waals surface area contributed by atoms with Crippen LogP contribution in [0, 0.1) is 13.8 Å². The molecule has 788 valence electrons. The van der Waals surface area contributed by atoms with E-state index in [-0.39, 0.29) is 43.2 Å². The van der Waals surface area contributed by atoms with Gasteiger partial charge in [0.25, 0.3) is 11.8 Å². The van der Waals surface area contributed by atoms with Crippen molar-refractivity contribution < 1.29 is 344 Å². The number of hydrogen-bond donors (Lipinski definition) is 3. The van der Waals surface area contributed by atoms with Crippen LogP contribution in [0.4, 0.5) is 326 Å². The van der Waals surface area contributed by atoms with E-state index >= 15 is 0 Å². The van der Waals surface area contributed by atoms with Crippen LogP contribution < -0.4 is 10.6 Å². The van der Waals surface area contributed by atoms with Crippen molar-refractivity contribution >= 4 is 40.3 Å². The molecule has 16 nitrogen and oxygen atoms in total. The van der Waals surface area contributed by atoms with Gasteiger partial charge in [0.15, 0.2) is 5.60 Å². The first-order chi connectivity index (χ1) is 62.6. The zero-order chi connectivity index (χ0) is 110. The third-order valence-corrected chi connectivity index (χ3v) is 9.85. The van der Waals surface area contributed by atoms with E-state index in [1.54, 1.807) is 63.8 Å². The Morgan fingerprint density at radius 2 is 0.581 bits per heavy atom. The molecule has 0 aliphatic carbocycles. The highest BCUT2D eigenvalue weighted by atomic mass is 20.1. The number of aromatic nitrogens is 8.